The van der Waals surface area contributed by atoms with Gasteiger partial charge in [0.25, 0.3) is 0 Å². The smallest absolute Gasteiger partial charge is 0.248 e. The molecule has 4 aromatic rings. The quantitative estimate of drug-likeness (QED) is 0.459. The summed E-state index contributed by atoms with van der Waals surface area (Å²) in [6.45, 7) is 0.372. The Morgan fingerprint density at radius 3 is 2.53 bits per heavy atom. The first kappa shape index (κ1) is 22.1. The fourth-order valence-corrected chi connectivity index (χ4v) is 5.61. The molecular formula is C27H25N3O3S. The van der Waals surface area contributed by atoms with E-state index in [0.717, 1.165) is 27.1 Å². The number of ether oxygens (including phenoxy) is 1. The number of nitrogens with one attached hydrogen (secondary N) is 1. The number of rotatable bonds is 5. The zero-order valence-corrected chi connectivity index (χ0v) is 19.8. The van der Waals surface area contributed by atoms with Gasteiger partial charge < -0.3 is 14.6 Å². The number of hydrogen-bond donors (Lipinski definition) is 1. The lowest BCUT2D eigenvalue weighted by molar-refractivity contribution is -0.125. The van der Waals surface area contributed by atoms with Gasteiger partial charge in [0.2, 0.25) is 11.8 Å². The number of amides is 2. The minimum atomic E-state index is -0.844. The van der Waals surface area contributed by atoms with Crippen molar-refractivity contribution in [2.45, 2.75) is 17.6 Å². The maximum Gasteiger partial charge on any atom is 0.248 e. The van der Waals surface area contributed by atoms with Crippen LogP contribution in [0.25, 0.3) is 10.9 Å². The first-order valence-corrected chi connectivity index (χ1v) is 12.1. The van der Waals surface area contributed by atoms with Crippen LogP contribution in [0.4, 0.5) is 5.69 Å². The molecule has 3 aromatic carbocycles. The summed E-state index contributed by atoms with van der Waals surface area (Å²) in [7, 11) is 3.56. The van der Waals surface area contributed by atoms with E-state index in [1.807, 2.05) is 85.9 Å². The number of para-hydroxylation sites is 3. The Morgan fingerprint density at radius 1 is 1.03 bits per heavy atom. The van der Waals surface area contributed by atoms with E-state index in [2.05, 4.69) is 9.88 Å². The summed E-state index contributed by atoms with van der Waals surface area (Å²) in [6, 6.07) is 24.3. The van der Waals surface area contributed by atoms with Crippen LogP contribution in [0.2, 0.25) is 0 Å². The van der Waals surface area contributed by atoms with Gasteiger partial charge in [0.15, 0.2) is 0 Å². The first-order valence-electron chi connectivity index (χ1n) is 11.1. The van der Waals surface area contributed by atoms with Gasteiger partial charge in [0.1, 0.15) is 11.8 Å². The molecule has 34 heavy (non-hydrogen) atoms. The third-order valence-corrected chi connectivity index (χ3v) is 7.28. The molecule has 0 aliphatic carbocycles. The lowest BCUT2D eigenvalue weighted by Gasteiger charge is -2.30. The first-order chi connectivity index (χ1) is 16.6. The number of methoxy groups -OCH3 is 1. The van der Waals surface area contributed by atoms with Crippen molar-refractivity contribution in [2.75, 3.05) is 17.8 Å². The van der Waals surface area contributed by atoms with Crippen molar-refractivity contribution >= 4 is 40.2 Å². The number of hydrogen-bond acceptors (Lipinski definition) is 4. The highest BCUT2D eigenvalue weighted by atomic mass is 32.2. The minimum absolute atomic E-state index is 0.144. The summed E-state index contributed by atoms with van der Waals surface area (Å²) >= 11 is 1.47. The highest BCUT2D eigenvalue weighted by Gasteiger charge is 2.40. The van der Waals surface area contributed by atoms with Crippen molar-refractivity contribution in [1.82, 2.24) is 9.88 Å². The summed E-state index contributed by atoms with van der Waals surface area (Å²) < 4.78 is 7.66. The average Bonchev–Trinajstić information content (AvgIpc) is 3.05. The lowest BCUT2D eigenvalue weighted by Crippen LogP contribution is -2.44. The summed E-state index contributed by atoms with van der Waals surface area (Å²) in [4.78, 5) is 29.1. The van der Waals surface area contributed by atoms with E-state index >= 15 is 0 Å². The second kappa shape index (κ2) is 9.27. The molecule has 172 valence electrons. The van der Waals surface area contributed by atoms with Crippen molar-refractivity contribution in [3.05, 3.63) is 90.0 Å². The maximum atomic E-state index is 13.9. The van der Waals surface area contributed by atoms with E-state index in [1.54, 1.807) is 12.0 Å². The van der Waals surface area contributed by atoms with Gasteiger partial charge in [-0.25, -0.2) is 0 Å². The van der Waals surface area contributed by atoms with Crippen molar-refractivity contribution < 1.29 is 14.3 Å². The van der Waals surface area contributed by atoms with Gasteiger partial charge in [-0.3, -0.25) is 14.5 Å². The number of nitrogens with zero attached hydrogens (tertiary/aromatic N) is 2. The second-order valence-corrected chi connectivity index (χ2v) is 9.09. The molecule has 1 aliphatic rings. The zero-order chi connectivity index (χ0) is 23.7. The molecule has 1 aromatic heterocycles. The van der Waals surface area contributed by atoms with Crippen LogP contribution in [-0.4, -0.2) is 29.2 Å². The third-order valence-electron chi connectivity index (χ3n) is 6.13. The van der Waals surface area contributed by atoms with Gasteiger partial charge in [-0.2, -0.15) is 0 Å². The molecule has 2 heterocycles. The largest absolute Gasteiger partial charge is 0.495 e. The highest BCUT2D eigenvalue weighted by molar-refractivity contribution is 8.00. The molecule has 0 saturated heterocycles. The Morgan fingerprint density at radius 2 is 1.74 bits per heavy atom. The molecule has 0 radical (unpaired) electrons. The molecule has 1 aliphatic heterocycles. The number of carbonyl (C=O) groups excluding carboxylic acids is 2. The van der Waals surface area contributed by atoms with Crippen LogP contribution >= 0.6 is 11.8 Å². The van der Waals surface area contributed by atoms with Gasteiger partial charge in [0.05, 0.1) is 23.6 Å². The Balaban J connectivity index is 1.68. The van der Waals surface area contributed by atoms with Crippen LogP contribution in [-0.2, 0) is 23.2 Å². The van der Waals surface area contributed by atoms with Gasteiger partial charge in [-0.05, 0) is 23.8 Å². The summed E-state index contributed by atoms with van der Waals surface area (Å²) in [5.74, 6) is 0.390. The molecule has 2 amide bonds. The van der Waals surface area contributed by atoms with E-state index < -0.39 is 6.04 Å². The molecular weight excluding hydrogens is 446 g/mol. The monoisotopic (exact) mass is 471 g/mol. The maximum absolute atomic E-state index is 13.9. The van der Waals surface area contributed by atoms with E-state index in [9.17, 15) is 9.59 Å². The van der Waals surface area contributed by atoms with Crippen molar-refractivity contribution in [3.63, 3.8) is 0 Å². The fraction of sp³-hybridized carbons (Fsp3) is 0.185. The molecule has 0 saturated carbocycles. The zero-order valence-electron chi connectivity index (χ0n) is 19.0. The number of aromatic nitrogens is 1. The van der Waals surface area contributed by atoms with E-state index in [4.69, 9.17) is 4.74 Å². The van der Waals surface area contributed by atoms with Gasteiger partial charge >= 0.3 is 0 Å². The Labute approximate surface area is 202 Å². The predicted molar refractivity (Wildman–Crippen MR) is 135 cm³/mol. The Hall–Kier alpha value is -3.71. The SMILES string of the molecule is COc1ccccc1N1C(=O)CSc2c(c3ccccc3n2C)[C@H]1C(=O)NCc1ccccc1. The molecule has 7 heteroatoms. The molecule has 0 spiro atoms. The van der Waals surface area contributed by atoms with Crippen LogP contribution in [0.5, 0.6) is 5.75 Å². The average molecular weight is 472 g/mol. The van der Waals surface area contributed by atoms with Crippen LogP contribution in [0.1, 0.15) is 17.2 Å². The fourth-order valence-electron chi connectivity index (χ4n) is 4.54. The number of thioether (sulfide) groups is 1. The molecule has 6 nitrogen and oxygen atoms in total. The molecule has 0 bridgehead atoms. The standard InChI is InChI=1S/C27H25N3O3S/c1-29-20-13-7-6-12-19(20)24-25(26(32)28-16-18-10-4-3-5-11-18)30(23(31)17-34-27(24)29)21-14-8-9-15-22(21)33-2/h3-15,25H,16-17H2,1-2H3,(H,28,32)/t25-/m0/s1. The van der Waals surface area contributed by atoms with Crippen LogP contribution in [0.3, 0.4) is 0 Å². The van der Waals surface area contributed by atoms with E-state index in [0.29, 0.717) is 18.0 Å². The van der Waals surface area contributed by atoms with Crippen LogP contribution in [0, 0.1) is 0 Å². The molecule has 5 rings (SSSR count). The van der Waals surface area contributed by atoms with Gasteiger partial charge in [0, 0.05) is 30.1 Å². The molecule has 0 fully saturated rings. The number of fused-ring (bicyclic) bond motifs is 3. The number of carbonyl (C=O) groups is 2. The van der Waals surface area contributed by atoms with E-state index in [-0.39, 0.29) is 17.6 Å². The number of anilines is 1. The molecule has 0 unspecified atom stereocenters. The number of benzene rings is 3. The normalized spacial score (nSPS) is 15.6. The number of aryl methyl sites for hydroxylation is 1. The van der Waals surface area contributed by atoms with Gasteiger partial charge in [-0.1, -0.05) is 72.4 Å². The minimum Gasteiger partial charge on any atom is -0.495 e. The Kier molecular flexibility index (Phi) is 6.02. The summed E-state index contributed by atoms with van der Waals surface area (Å²) in [5, 5.41) is 4.96. The van der Waals surface area contributed by atoms with Crippen molar-refractivity contribution in [3.8, 4) is 5.75 Å². The highest BCUT2D eigenvalue weighted by Crippen LogP contribution is 2.45. The Bertz CT molecular complexity index is 1370. The second-order valence-electron chi connectivity index (χ2n) is 8.13. The van der Waals surface area contributed by atoms with Crippen LogP contribution in [0.15, 0.2) is 83.9 Å². The molecule has 1 atom stereocenters. The van der Waals surface area contributed by atoms with Crippen molar-refractivity contribution in [2.24, 2.45) is 7.05 Å². The lowest BCUT2D eigenvalue weighted by atomic mass is 10.0. The van der Waals surface area contributed by atoms with Gasteiger partial charge in [-0.15, -0.1) is 0 Å². The third kappa shape index (κ3) is 3.82. The van der Waals surface area contributed by atoms with Crippen LogP contribution < -0.4 is 15.0 Å². The summed E-state index contributed by atoms with van der Waals surface area (Å²) in [5.41, 5.74) is 3.43. The van der Waals surface area contributed by atoms with Crippen molar-refractivity contribution in [1.29, 1.82) is 0 Å². The predicted octanol–water partition coefficient (Wildman–Crippen LogP) is 4.68. The topological polar surface area (TPSA) is 63.6 Å². The molecule has 1 N–H and O–H groups in total. The summed E-state index contributed by atoms with van der Waals surface area (Å²) in [6.07, 6.45) is 0. The van der Waals surface area contributed by atoms with E-state index in [1.165, 1.54) is 11.8 Å².